The first kappa shape index (κ1) is 22.8. The molecule has 0 aromatic heterocycles. The van der Waals surface area contributed by atoms with E-state index in [9.17, 15) is 4.79 Å². The molecule has 1 aliphatic rings. The third kappa shape index (κ3) is 7.09. The van der Waals surface area contributed by atoms with Crippen LogP contribution in [0, 0.1) is 0 Å². The van der Waals surface area contributed by atoms with Crippen molar-refractivity contribution >= 4 is 17.9 Å². The second kappa shape index (κ2) is 12.1. The van der Waals surface area contributed by atoms with Crippen LogP contribution in [0.1, 0.15) is 30.4 Å². The molecule has 31 heavy (non-hydrogen) atoms. The monoisotopic (exact) mass is 422 g/mol. The number of methoxy groups -OCH3 is 2. The van der Waals surface area contributed by atoms with Gasteiger partial charge in [0.15, 0.2) is 5.78 Å². The molecule has 2 aromatic rings. The Labute approximate surface area is 184 Å². The summed E-state index contributed by atoms with van der Waals surface area (Å²) in [5, 5.41) is 0. The third-order valence-electron chi connectivity index (χ3n) is 4.99. The Morgan fingerprint density at radius 3 is 1.68 bits per heavy atom. The Balaban J connectivity index is 1.72. The average Bonchev–Trinajstić information content (AvgIpc) is 2.78. The summed E-state index contributed by atoms with van der Waals surface area (Å²) in [5.74, 6) is 1.66. The molecule has 2 aromatic carbocycles. The highest BCUT2D eigenvalue weighted by Gasteiger charge is 2.20. The summed E-state index contributed by atoms with van der Waals surface area (Å²) in [7, 11) is 3.30. The zero-order valence-electron chi connectivity index (χ0n) is 18.3. The van der Waals surface area contributed by atoms with Gasteiger partial charge in [-0.05, 0) is 66.8 Å². The van der Waals surface area contributed by atoms with Crippen LogP contribution < -0.4 is 9.47 Å². The first-order valence-electron chi connectivity index (χ1n) is 10.6. The zero-order chi connectivity index (χ0) is 21.9. The topological polar surface area (TPSA) is 54.0 Å². The van der Waals surface area contributed by atoms with Gasteiger partial charge in [-0.2, -0.15) is 0 Å². The second-order valence-electron chi connectivity index (χ2n) is 7.35. The lowest BCUT2D eigenvalue weighted by molar-refractivity contribution is -0.112. The highest BCUT2D eigenvalue weighted by molar-refractivity contribution is 6.14. The number of allylic oxidation sites excluding steroid dienone is 2. The van der Waals surface area contributed by atoms with Gasteiger partial charge in [-0.3, -0.25) is 4.79 Å². The summed E-state index contributed by atoms with van der Waals surface area (Å²) >= 11 is 0. The van der Waals surface area contributed by atoms with Gasteiger partial charge in [0.2, 0.25) is 0 Å². The number of carbonyl (C=O) groups excluding carboxylic acids is 1. The Morgan fingerprint density at radius 1 is 0.742 bits per heavy atom. The van der Waals surface area contributed by atoms with Crippen LogP contribution in [0.15, 0.2) is 59.7 Å². The average molecular weight is 423 g/mol. The van der Waals surface area contributed by atoms with Crippen molar-refractivity contribution in [3.05, 3.63) is 70.8 Å². The van der Waals surface area contributed by atoms with E-state index in [2.05, 4.69) is 0 Å². The summed E-state index contributed by atoms with van der Waals surface area (Å²) in [5.41, 5.74) is 3.60. The van der Waals surface area contributed by atoms with Crippen LogP contribution in [-0.4, -0.2) is 46.4 Å². The van der Waals surface area contributed by atoms with Crippen molar-refractivity contribution in [2.45, 2.75) is 19.3 Å². The third-order valence-corrected chi connectivity index (χ3v) is 4.99. The molecule has 0 heterocycles. The Kier molecular flexibility index (Phi) is 8.88. The van der Waals surface area contributed by atoms with Crippen molar-refractivity contribution in [1.82, 2.24) is 0 Å². The van der Waals surface area contributed by atoms with E-state index in [0.717, 1.165) is 53.0 Å². The molecule has 164 valence electrons. The zero-order valence-corrected chi connectivity index (χ0v) is 18.3. The van der Waals surface area contributed by atoms with Crippen LogP contribution in [0.25, 0.3) is 12.2 Å². The molecule has 5 heteroatoms. The quantitative estimate of drug-likeness (QED) is 0.400. The van der Waals surface area contributed by atoms with E-state index in [1.807, 2.05) is 60.7 Å². The Hall–Kier alpha value is -2.89. The van der Waals surface area contributed by atoms with Crippen molar-refractivity contribution in [2.75, 3.05) is 40.6 Å². The summed E-state index contributed by atoms with van der Waals surface area (Å²) in [6.07, 6.45) is 6.47. The first-order valence-corrected chi connectivity index (χ1v) is 10.6. The lowest BCUT2D eigenvalue weighted by Gasteiger charge is -2.17. The van der Waals surface area contributed by atoms with Gasteiger partial charge < -0.3 is 18.9 Å². The fourth-order valence-corrected chi connectivity index (χ4v) is 3.45. The van der Waals surface area contributed by atoms with Gasteiger partial charge in [-0.15, -0.1) is 0 Å². The number of ether oxygens (including phenoxy) is 4. The molecule has 3 rings (SSSR count). The molecule has 0 spiro atoms. The second-order valence-corrected chi connectivity index (χ2v) is 7.35. The van der Waals surface area contributed by atoms with Gasteiger partial charge in [0.1, 0.15) is 24.7 Å². The van der Waals surface area contributed by atoms with Crippen molar-refractivity contribution in [3.63, 3.8) is 0 Å². The maximum atomic E-state index is 13.1. The van der Waals surface area contributed by atoms with Crippen molar-refractivity contribution in [2.24, 2.45) is 0 Å². The highest BCUT2D eigenvalue weighted by Crippen LogP contribution is 2.29. The minimum Gasteiger partial charge on any atom is -0.491 e. The molecule has 0 saturated heterocycles. The predicted octanol–water partition coefficient (Wildman–Crippen LogP) is 4.96. The molecular formula is C26H30O5. The maximum Gasteiger partial charge on any atom is 0.185 e. The van der Waals surface area contributed by atoms with Crippen molar-refractivity contribution < 1.29 is 23.7 Å². The molecular weight excluding hydrogens is 392 g/mol. The molecule has 0 amide bonds. The predicted molar refractivity (Wildman–Crippen MR) is 122 cm³/mol. The van der Waals surface area contributed by atoms with E-state index >= 15 is 0 Å². The van der Waals surface area contributed by atoms with Gasteiger partial charge in [0.05, 0.1) is 13.2 Å². The van der Waals surface area contributed by atoms with Crippen LogP contribution >= 0.6 is 0 Å². The molecule has 0 radical (unpaired) electrons. The molecule has 0 unspecified atom stereocenters. The smallest absolute Gasteiger partial charge is 0.185 e. The van der Waals surface area contributed by atoms with Crippen LogP contribution in [0.4, 0.5) is 0 Å². The van der Waals surface area contributed by atoms with Gasteiger partial charge >= 0.3 is 0 Å². The standard InChI is InChI=1S/C26H30O5/c1-28-12-14-30-24-10-3-6-20(18-24)16-22-8-5-9-23(26(22)27)17-21-7-4-11-25(19-21)31-15-13-29-2/h3-4,6-7,10-11,16-19H,5,8-9,12-15H2,1-2H3/b22-16-,23-17+. The number of carbonyl (C=O) groups is 1. The summed E-state index contributed by atoms with van der Waals surface area (Å²) in [6, 6.07) is 15.6. The lowest BCUT2D eigenvalue weighted by Crippen LogP contribution is -2.12. The molecule has 1 fully saturated rings. The number of hydrogen-bond acceptors (Lipinski definition) is 5. The lowest BCUT2D eigenvalue weighted by atomic mass is 9.87. The largest absolute Gasteiger partial charge is 0.491 e. The van der Waals surface area contributed by atoms with Gasteiger partial charge in [-0.1, -0.05) is 24.3 Å². The highest BCUT2D eigenvalue weighted by atomic mass is 16.5. The van der Waals surface area contributed by atoms with E-state index in [1.54, 1.807) is 14.2 Å². The molecule has 0 atom stereocenters. The van der Waals surface area contributed by atoms with Gasteiger partial charge in [-0.25, -0.2) is 0 Å². The number of hydrogen-bond donors (Lipinski definition) is 0. The fraction of sp³-hybridized carbons (Fsp3) is 0.346. The number of ketones is 1. The van der Waals surface area contributed by atoms with Gasteiger partial charge in [0.25, 0.3) is 0 Å². The molecule has 5 nitrogen and oxygen atoms in total. The molecule has 0 bridgehead atoms. The molecule has 1 saturated carbocycles. The van der Waals surface area contributed by atoms with E-state index in [4.69, 9.17) is 18.9 Å². The van der Waals surface area contributed by atoms with Crippen molar-refractivity contribution in [1.29, 1.82) is 0 Å². The van der Waals surface area contributed by atoms with Crippen LogP contribution in [-0.2, 0) is 14.3 Å². The maximum absolute atomic E-state index is 13.1. The first-order chi connectivity index (χ1) is 15.2. The SMILES string of the molecule is COCCOc1cccc(/C=C2/CCC/C(=C\c3cccc(OCCOC)c3)C2=O)c1. The Morgan fingerprint density at radius 2 is 1.23 bits per heavy atom. The van der Waals surface area contributed by atoms with E-state index < -0.39 is 0 Å². The Bertz CT molecular complexity index is 855. The summed E-state index contributed by atoms with van der Waals surface area (Å²) in [4.78, 5) is 13.1. The van der Waals surface area contributed by atoms with E-state index in [1.165, 1.54) is 0 Å². The minimum atomic E-state index is 0.114. The number of benzene rings is 2. The normalized spacial score (nSPS) is 16.6. The minimum absolute atomic E-state index is 0.114. The number of Topliss-reactive ketones (excluding diaryl/α,β-unsaturated/α-hetero) is 1. The van der Waals surface area contributed by atoms with E-state index in [-0.39, 0.29) is 5.78 Å². The summed E-state index contributed by atoms with van der Waals surface area (Å²) in [6.45, 7) is 2.07. The summed E-state index contributed by atoms with van der Waals surface area (Å²) < 4.78 is 21.4. The van der Waals surface area contributed by atoms with Crippen LogP contribution in [0.2, 0.25) is 0 Å². The molecule has 0 N–H and O–H groups in total. The van der Waals surface area contributed by atoms with Crippen molar-refractivity contribution in [3.8, 4) is 11.5 Å². The number of rotatable bonds is 10. The fourth-order valence-electron chi connectivity index (χ4n) is 3.45. The van der Waals surface area contributed by atoms with Crippen LogP contribution in [0.3, 0.4) is 0 Å². The van der Waals surface area contributed by atoms with Crippen LogP contribution in [0.5, 0.6) is 11.5 Å². The molecule has 0 aliphatic heterocycles. The van der Waals surface area contributed by atoms with E-state index in [0.29, 0.717) is 26.4 Å². The molecule has 1 aliphatic carbocycles. The van der Waals surface area contributed by atoms with Gasteiger partial charge in [0, 0.05) is 25.4 Å².